The molecule has 3 aliphatic rings. The largest absolute Gasteiger partial charge is 0.487 e. The number of aromatic carboxylic acids is 1. The summed E-state index contributed by atoms with van der Waals surface area (Å²) in [6.07, 6.45) is 3.19. The highest BCUT2D eigenvalue weighted by atomic mass is 79.9. The van der Waals surface area contributed by atoms with Crippen LogP contribution in [0.2, 0.25) is 0 Å². The van der Waals surface area contributed by atoms with E-state index in [0.29, 0.717) is 34.1 Å². The number of carboxylic acids is 1. The number of Topliss-reactive ketones (excluding diaryl/α,β-unsaturated/α-hetero) is 2. The minimum absolute atomic E-state index is 0.104. The van der Waals surface area contributed by atoms with Crippen molar-refractivity contribution < 1.29 is 24.2 Å². The summed E-state index contributed by atoms with van der Waals surface area (Å²) >= 11 is 7.46. The van der Waals surface area contributed by atoms with Gasteiger partial charge in [-0.05, 0) is 103 Å². The van der Waals surface area contributed by atoms with Gasteiger partial charge in [0.1, 0.15) is 12.4 Å². The van der Waals surface area contributed by atoms with Gasteiger partial charge in [-0.3, -0.25) is 9.59 Å². The highest BCUT2D eigenvalue weighted by Crippen LogP contribution is 2.55. The maximum atomic E-state index is 14.2. The molecule has 0 amide bonds. The Morgan fingerprint density at radius 2 is 1.34 bits per heavy atom. The van der Waals surface area contributed by atoms with E-state index in [0.717, 1.165) is 52.9 Å². The van der Waals surface area contributed by atoms with E-state index in [1.807, 2.05) is 18.2 Å². The third-order valence-corrected chi connectivity index (χ3v) is 10.6. The van der Waals surface area contributed by atoms with Crippen molar-refractivity contribution >= 4 is 49.4 Å². The van der Waals surface area contributed by atoms with Crippen LogP contribution in [-0.2, 0) is 22.6 Å². The van der Waals surface area contributed by atoms with E-state index in [1.165, 1.54) is 5.56 Å². The van der Waals surface area contributed by atoms with Crippen molar-refractivity contribution in [1.29, 1.82) is 0 Å². The van der Waals surface area contributed by atoms with E-state index in [9.17, 15) is 19.5 Å². The molecule has 8 heteroatoms. The molecular formula is C39H39Br2NO5. The topological polar surface area (TPSA) is 83.9 Å². The highest BCUT2D eigenvalue weighted by Gasteiger charge is 2.49. The average molecular weight is 762 g/mol. The van der Waals surface area contributed by atoms with Crippen molar-refractivity contribution in [2.75, 3.05) is 6.54 Å². The molecule has 0 atom stereocenters. The smallest absolute Gasteiger partial charge is 0.335 e. The first-order chi connectivity index (χ1) is 22.2. The standard InChI is InChI=1S/C39H39Br2NO5/c1-38(2)18-29-34(31(43)20-38)33(26-16-27(40)36(28(41)17-26)47-22-24-10-12-25(13-11-24)37(45)46)35-30(19-39(3,4)21-32(35)44)42(29)15-14-23-8-6-5-7-9-23/h5-13,16-17,33H,14-15,18-22H2,1-4H3,(H,45,46). The van der Waals surface area contributed by atoms with Crippen LogP contribution in [0, 0.1) is 10.8 Å². The van der Waals surface area contributed by atoms with Gasteiger partial charge >= 0.3 is 5.97 Å². The van der Waals surface area contributed by atoms with Crippen LogP contribution in [0.1, 0.15) is 86.3 Å². The lowest BCUT2D eigenvalue weighted by atomic mass is 9.63. The Labute approximate surface area is 293 Å². The van der Waals surface area contributed by atoms with Crippen LogP contribution in [0.4, 0.5) is 0 Å². The summed E-state index contributed by atoms with van der Waals surface area (Å²) in [4.78, 5) is 42.0. The number of hydrogen-bond acceptors (Lipinski definition) is 5. The molecule has 1 aliphatic heterocycles. The number of carbonyl (C=O) groups excluding carboxylic acids is 2. The summed E-state index contributed by atoms with van der Waals surface area (Å²) in [6, 6.07) is 20.9. The second-order valence-corrected chi connectivity index (χ2v) is 16.2. The summed E-state index contributed by atoms with van der Waals surface area (Å²) in [5.74, 6) is -0.644. The van der Waals surface area contributed by atoms with Gasteiger partial charge in [0.25, 0.3) is 0 Å². The van der Waals surface area contributed by atoms with E-state index in [-0.39, 0.29) is 34.6 Å². The van der Waals surface area contributed by atoms with Gasteiger partial charge in [-0.1, -0.05) is 70.2 Å². The molecule has 0 saturated heterocycles. The molecule has 3 aromatic rings. The lowest BCUT2D eigenvalue weighted by molar-refractivity contribution is -0.119. The van der Waals surface area contributed by atoms with Crippen molar-refractivity contribution in [3.05, 3.63) is 120 Å². The molecule has 0 radical (unpaired) electrons. The molecule has 0 saturated carbocycles. The summed E-state index contributed by atoms with van der Waals surface area (Å²) in [5, 5.41) is 9.21. The third-order valence-electron chi connectivity index (χ3n) is 9.43. The first kappa shape index (κ1) is 33.4. The number of allylic oxidation sites excluding steroid dienone is 4. The minimum Gasteiger partial charge on any atom is -0.487 e. The van der Waals surface area contributed by atoms with Crippen LogP contribution in [0.15, 0.2) is 98.2 Å². The maximum Gasteiger partial charge on any atom is 0.335 e. The molecule has 6 nitrogen and oxygen atoms in total. The molecule has 0 unspecified atom stereocenters. The summed E-state index contributed by atoms with van der Waals surface area (Å²) in [6.45, 7) is 9.58. The maximum absolute atomic E-state index is 14.2. The monoisotopic (exact) mass is 759 g/mol. The molecule has 0 spiro atoms. The van der Waals surface area contributed by atoms with Crippen LogP contribution >= 0.6 is 31.9 Å². The number of carbonyl (C=O) groups is 3. The van der Waals surface area contributed by atoms with Gasteiger partial charge in [0.2, 0.25) is 0 Å². The molecule has 0 fully saturated rings. The number of ether oxygens (including phenoxy) is 1. The van der Waals surface area contributed by atoms with Gasteiger partial charge in [0.15, 0.2) is 11.6 Å². The van der Waals surface area contributed by atoms with Gasteiger partial charge < -0.3 is 14.7 Å². The Bertz CT molecular complexity index is 1740. The van der Waals surface area contributed by atoms with Crippen molar-refractivity contribution in [2.24, 2.45) is 10.8 Å². The lowest BCUT2D eigenvalue weighted by Gasteiger charge is -2.49. The Morgan fingerprint density at radius 3 is 1.85 bits per heavy atom. The van der Waals surface area contributed by atoms with Crippen molar-refractivity contribution in [1.82, 2.24) is 4.90 Å². The summed E-state index contributed by atoms with van der Waals surface area (Å²) in [7, 11) is 0. The highest BCUT2D eigenvalue weighted by molar-refractivity contribution is 9.11. The van der Waals surface area contributed by atoms with Crippen LogP contribution in [0.3, 0.4) is 0 Å². The average Bonchev–Trinajstić information content (AvgIpc) is 2.99. The molecule has 244 valence electrons. The second kappa shape index (κ2) is 12.8. The number of nitrogens with zero attached hydrogens (tertiary/aromatic N) is 1. The van der Waals surface area contributed by atoms with E-state index in [2.05, 4.69) is 88.7 Å². The number of benzene rings is 3. The number of hydrogen-bond donors (Lipinski definition) is 1. The normalized spacial score (nSPS) is 19.1. The van der Waals surface area contributed by atoms with Crippen molar-refractivity contribution in [2.45, 2.75) is 72.3 Å². The quantitative estimate of drug-likeness (QED) is 0.246. The minimum atomic E-state index is -0.975. The van der Waals surface area contributed by atoms with Crippen LogP contribution in [0.5, 0.6) is 5.75 Å². The molecule has 3 aromatic carbocycles. The lowest BCUT2D eigenvalue weighted by Crippen LogP contribution is -2.45. The first-order valence-corrected chi connectivity index (χ1v) is 17.6. The van der Waals surface area contributed by atoms with Crippen molar-refractivity contribution in [3.63, 3.8) is 0 Å². The molecule has 47 heavy (non-hydrogen) atoms. The predicted molar refractivity (Wildman–Crippen MR) is 189 cm³/mol. The Balaban J connectivity index is 1.42. The number of rotatable bonds is 8. The van der Waals surface area contributed by atoms with Gasteiger partial charge in [-0.2, -0.15) is 0 Å². The van der Waals surface area contributed by atoms with E-state index in [1.54, 1.807) is 24.3 Å². The van der Waals surface area contributed by atoms with Crippen LogP contribution in [-0.4, -0.2) is 34.1 Å². The van der Waals surface area contributed by atoms with E-state index >= 15 is 0 Å². The second-order valence-electron chi connectivity index (χ2n) is 14.5. The fraction of sp³-hybridized carbons (Fsp3) is 0.359. The van der Waals surface area contributed by atoms with Gasteiger partial charge in [0, 0.05) is 47.8 Å². The third kappa shape index (κ3) is 6.91. The summed E-state index contributed by atoms with van der Waals surface area (Å²) in [5.41, 5.74) is 6.34. The summed E-state index contributed by atoms with van der Waals surface area (Å²) < 4.78 is 7.59. The fourth-order valence-corrected chi connectivity index (χ4v) is 8.77. The zero-order valence-electron chi connectivity index (χ0n) is 27.2. The zero-order valence-corrected chi connectivity index (χ0v) is 30.3. The van der Waals surface area contributed by atoms with Crippen molar-refractivity contribution in [3.8, 4) is 5.75 Å². The fourth-order valence-electron chi connectivity index (χ4n) is 7.32. The Hall–Kier alpha value is -3.49. The molecule has 1 heterocycles. The van der Waals surface area contributed by atoms with Crippen LogP contribution in [0.25, 0.3) is 0 Å². The van der Waals surface area contributed by atoms with Gasteiger partial charge in [-0.15, -0.1) is 0 Å². The van der Waals surface area contributed by atoms with E-state index < -0.39 is 11.9 Å². The molecule has 6 rings (SSSR count). The number of carboxylic acid groups (broad SMARTS) is 1. The Kier molecular flexibility index (Phi) is 9.13. The van der Waals surface area contributed by atoms with Gasteiger partial charge in [-0.25, -0.2) is 4.79 Å². The zero-order chi connectivity index (χ0) is 33.7. The molecular weight excluding hydrogens is 722 g/mol. The number of halogens is 2. The van der Waals surface area contributed by atoms with Gasteiger partial charge in [0.05, 0.1) is 14.5 Å². The molecule has 0 bridgehead atoms. The van der Waals surface area contributed by atoms with E-state index in [4.69, 9.17) is 4.74 Å². The number of ketones is 2. The predicted octanol–water partition coefficient (Wildman–Crippen LogP) is 9.42. The first-order valence-electron chi connectivity index (χ1n) is 16.0. The molecule has 2 aliphatic carbocycles. The SMILES string of the molecule is CC1(C)CC(=O)C2=C(C1)N(CCc1ccccc1)C1=C(C(=O)CC(C)(C)C1)C2c1cc(Br)c(OCc2ccc(C(=O)O)cc2)c(Br)c1. The Morgan fingerprint density at radius 1 is 0.809 bits per heavy atom. The molecule has 1 N–H and O–H groups in total. The molecule has 0 aromatic heterocycles. The van der Waals surface area contributed by atoms with Crippen LogP contribution < -0.4 is 4.74 Å².